The number of ether oxygens (including phenoxy) is 2. The van der Waals surface area contributed by atoms with Crippen LogP contribution in [0.4, 0.5) is 0 Å². The van der Waals surface area contributed by atoms with Crippen molar-refractivity contribution < 1.29 is 23.9 Å². The molecule has 37 heavy (non-hydrogen) atoms. The maximum Gasteiger partial charge on any atom is 0.180 e. The summed E-state index contributed by atoms with van der Waals surface area (Å²) in [6.07, 6.45) is 4.95. The van der Waals surface area contributed by atoms with Crippen LogP contribution in [0.1, 0.15) is 53.0 Å². The zero-order valence-electron chi connectivity index (χ0n) is 21.4. The number of benzene rings is 2. The summed E-state index contributed by atoms with van der Waals surface area (Å²) in [5.41, 5.74) is -0.883. The summed E-state index contributed by atoms with van der Waals surface area (Å²) in [6.45, 7) is 5.45. The van der Waals surface area contributed by atoms with E-state index in [1.807, 2.05) is 20.8 Å². The number of allylic oxidation sites excluding steroid dienone is 2. The van der Waals surface area contributed by atoms with Crippen LogP contribution in [0.25, 0.3) is 0 Å². The molecule has 1 spiro atoms. The van der Waals surface area contributed by atoms with Crippen molar-refractivity contribution in [2.45, 2.75) is 38.8 Å². The van der Waals surface area contributed by atoms with E-state index in [9.17, 15) is 19.6 Å². The number of methoxy groups -OCH3 is 2. The van der Waals surface area contributed by atoms with Crippen LogP contribution in [-0.4, -0.2) is 48.6 Å². The Morgan fingerprint density at radius 1 is 1.00 bits per heavy atom. The summed E-state index contributed by atoms with van der Waals surface area (Å²) in [7, 11) is 3.01. The monoisotopic (exact) mass is 496 g/mol. The molecule has 2 aromatic carbocycles. The Hall–Kier alpha value is -4.18. The predicted octanol–water partition coefficient (Wildman–Crippen LogP) is 4.50. The third kappa shape index (κ3) is 3.21. The van der Waals surface area contributed by atoms with Gasteiger partial charge in [-0.1, -0.05) is 63.2 Å². The van der Waals surface area contributed by atoms with Crippen molar-refractivity contribution in [1.82, 2.24) is 4.90 Å². The molecule has 0 amide bonds. The third-order valence-electron chi connectivity index (χ3n) is 7.73. The lowest BCUT2D eigenvalue weighted by Gasteiger charge is -2.34. The molecular weight excluding hydrogens is 468 g/mol. The lowest BCUT2D eigenvalue weighted by Crippen LogP contribution is -2.47. The molecule has 7 nitrogen and oxygen atoms in total. The maximum atomic E-state index is 14.4. The summed E-state index contributed by atoms with van der Waals surface area (Å²) in [6, 6.07) is 12.5. The van der Waals surface area contributed by atoms with Gasteiger partial charge in [-0.25, -0.2) is 0 Å². The summed E-state index contributed by atoms with van der Waals surface area (Å²) >= 11 is 0. The second kappa shape index (κ2) is 8.45. The molecule has 188 valence electrons. The fraction of sp³-hybridized carbons (Fsp3) is 0.333. The SMILES string of the molecule is COc1cccc([C@H]2[C@H](C(=O)C(C)(C)C)N3C=C(C#N)C=C[C@@H]3C23C(=O)c2ccccc2C3=O)c1OC. The van der Waals surface area contributed by atoms with Crippen LogP contribution in [0.2, 0.25) is 0 Å². The van der Waals surface area contributed by atoms with Gasteiger partial charge < -0.3 is 14.4 Å². The first-order valence-corrected chi connectivity index (χ1v) is 12.1. The molecule has 5 rings (SSSR count). The largest absolute Gasteiger partial charge is 0.493 e. The van der Waals surface area contributed by atoms with E-state index in [0.29, 0.717) is 33.8 Å². The van der Waals surface area contributed by atoms with E-state index in [4.69, 9.17) is 9.47 Å². The number of nitriles is 1. The molecule has 3 atom stereocenters. The van der Waals surface area contributed by atoms with Crippen LogP contribution in [0, 0.1) is 22.2 Å². The van der Waals surface area contributed by atoms with Crippen LogP contribution in [0.15, 0.2) is 66.4 Å². The molecule has 1 fully saturated rings. The van der Waals surface area contributed by atoms with E-state index in [0.717, 1.165) is 0 Å². The molecule has 0 unspecified atom stereocenters. The molecule has 0 saturated carbocycles. The number of fused-ring (bicyclic) bond motifs is 3. The third-order valence-corrected chi connectivity index (χ3v) is 7.73. The molecule has 7 heteroatoms. The van der Waals surface area contributed by atoms with E-state index >= 15 is 0 Å². The predicted molar refractivity (Wildman–Crippen MR) is 137 cm³/mol. The molecule has 1 aliphatic carbocycles. The van der Waals surface area contributed by atoms with E-state index < -0.39 is 28.8 Å². The minimum atomic E-state index is -1.64. The van der Waals surface area contributed by atoms with Gasteiger partial charge in [-0.15, -0.1) is 0 Å². The fourth-order valence-electron chi connectivity index (χ4n) is 6.17. The summed E-state index contributed by atoms with van der Waals surface area (Å²) in [5, 5.41) is 9.68. The lowest BCUT2D eigenvalue weighted by atomic mass is 9.63. The van der Waals surface area contributed by atoms with Gasteiger partial charge in [0.2, 0.25) is 0 Å². The first-order chi connectivity index (χ1) is 17.6. The Morgan fingerprint density at radius 3 is 2.19 bits per heavy atom. The summed E-state index contributed by atoms with van der Waals surface area (Å²) in [4.78, 5) is 44.8. The number of carbonyl (C=O) groups is 3. The van der Waals surface area contributed by atoms with Crippen molar-refractivity contribution in [2.75, 3.05) is 14.2 Å². The second-order valence-electron chi connectivity index (χ2n) is 10.6. The highest BCUT2D eigenvalue weighted by atomic mass is 16.5. The minimum absolute atomic E-state index is 0.148. The van der Waals surface area contributed by atoms with Crippen molar-refractivity contribution in [3.63, 3.8) is 0 Å². The van der Waals surface area contributed by atoms with Gasteiger partial charge in [0, 0.05) is 34.2 Å². The average Bonchev–Trinajstić information content (AvgIpc) is 3.32. The number of rotatable bonds is 4. The molecule has 2 heterocycles. The van der Waals surface area contributed by atoms with Gasteiger partial charge in [0.25, 0.3) is 0 Å². The molecule has 2 aromatic rings. The molecule has 3 aliphatic rings. The summed E-state index contributed by atoms with van der Waals surface area (Å²) < 4.78 is 11.3. The average molecular weight is 497 g/mol. The quantitative estimate of drug-likeness (QED) is 0.575. The minimum Gasteiger partial charge on any atom is -0.493 e. The molecule has 1 saturated heterocycles. The second-order valence-corrected chi connectivity index (χ2v) is 10.6. The van der Waals surface area contributed by atoms with Gasteiger partial charge >= 0.3 is 0 Å². The van der Waals surface area contributed by atoms with E-state index in [-0.39, 0.29) is 17.3 Å². The number of hydrogen-bond acceptors (Lipinski definition) is 7. The number of Topliss-reactive ketones (excluding diaryl/α,β-unsaturated/α-hetero) is 3. The van der Waals surface area contributed by atoms with Gasteiger partial charge in [-0.3, -0.25) is 14.4 Å². The van der Waals surface area contributed by atoms with Crippen molar-refractivity contribution in [3.05, 3.63) is 83.1 Å². The molecule has 0 radical (unpaired) electrons. The van der Waals surface area contributed by atoms with E-state index in [1.54, 1.807) is 65.7 Å². The van der Waals surface area contributed by atoms with Crippen LogP contribution >= 0.6 is 0 Å². The van der Waals surface area contributed by atoms with Crippen molar-refractivity contribution in [2.24, 2.45) is 10.8 Å². The Balaban J connectivity index is 1.89. The smallest absolute Gasteiger partial charge is 0.180 e. The van der Waals surface area contributed by atoms with Crippen LogP contribution in [0.3, 0.4) is 0 Å². The van der Waals surface area contributed by atoms with Crippen LogP contribution in [-0.2, 0) is 4.79 Å². The Bertz CT molecular complexity index is 1400. The molecule has 2 aliphatic heterocycles. The zero-order chi connectivity index (χ0) is 26.7. The fourth-order valence-corrected chi connectivity index (χ4v) is 6.17. The van der Waals surface area contributed by atoms with Crippen LogP contribution < -0.4 is 9.47 Å². The van der Waals surface area contributed by atoms with Gasteiger partial charge in [0.05, 0.1) is 31.9 Å². The first kappa shape index (κ1) is 24.5. The topological polar surface area (TPSA) is 96.7 Å². The molecule has 0 aromatic heterocycles. The molecular formula is C30H28N2O5. The van der Waals surface area contributed by atoms with Crippen molar-refractivity contribution in [1.29, 1.82) is 5.26 Å². The van der Waals surface area contributed by atoms with Gasteiger partial charge in [0.15, 0.2) is 28.8 Å². The lowest BCUT2D eigenvalue weighted by molar-refractivity contribution is -0.130. The van der Waals surface area contributed by atoms with E-state index in [2.05, 4.69) is 6.07 Å². The number of para-hydroxylation sites is 1. The first-order valence-electron chi connectivity index (χ1n) is 12.1. The van der Waals surface area contributed by atoms with Gasteiger partial charge in [0.1, 0.15) is 11.5 Å². The highest BCUT2D eigenvalue weighted by Gasteiger charge is 2.71. The van der Waals surface area contributed by atoms with Crippen LogP contribution in [0.5, 0.6) is 11.5 Å². The Kier molecular flexibility index (Phi) is 5.60. The highest BCUT2D eigenvalue weighted by Crippen LogP contribution is 2.61. The number of ketones is 3. The zero-order valence-corrected chi connectivity index (χ0v) is 21.4. The highest BCUT2D eigenvalue weighted by molar-refractivity contribution is 6.31. The standard InChI is InChI=1S/C30H28N2O5/c1-29(2,3)28(35)24-23(20-11-8-12-21(36-4)25(20)37-5)30(22-14-13-17(15-31)16-32(22)24)26(33)18-9-6-7-10-19(18)27(30)34/h6-14,16,22-24H,1-5H3/t22-,23+,24-/m1/s1. The van der Waals surface area contributed by atoms with Crippen molar-refractivity contribution in [3.8, 4) is 17.6 Å². The van der Waals surface area contributed by atoms with Gasteiger partial charge in [-0.05, 0) is 12.1 Å². The normalized spacial score (nSPS) is 23.4. The maximum absolute atomic E-state index is 14.4. The Labute approximate surface area is 216 Å². The Morgan fingerprint density at radius 2 is 1.65 bits per heavy atom. The molecule has 0 N–H and O–H groups in total. The molecule has 0 bridgehead atoms. The van der Waals surface area contributed by atoms with Gasteiger partial charge in [-0.2, -0.15) is 5.26 Å². The van der Waals surface area contributed by atoms with E-state index in [1.165, 1.54) is 14.2 Å². The number of carbonyl (C=O) groups excluding carboxylic acids is 3. The number of nitrogens with zero attached hydrogens (tertiary/aromatic N) is 2. The number of hydrogen-bond donors (Lipinski definition) is 0. The summed E-state index contributed by atoms with van der Waals surface area (Å²) in [5.74, 6) is -0.918. The van der Waals surface area contributed by atoms with Crippen molar-refractivity contribution >= 4 is 17.3 Å².